The third kappa shape index (κ3) is 3.81. The van der Waals surface area contributed by atoms with Gasteiger partial charge in [-0.3, -0.25) is 9.69 Å². The number of nitrogens with one attached hydrogen (secondary N) is 1. The lowest BCUT2D eigenvalue weighted by Gasteiger charge is -2.24. The third-order valence-corrected chi connectivity index (χ3v) is 3.93. The zero-order valence-corrected chi connectivity index (χ0v) is 12.5. The summed E-state index contributed by atoms with van der Waals surface area (Å²) in [5, 5.41) is 3.29. The van der Waals surface area contributed by atoms with Gasteiger partial charge in [-0.1, -0.05) is 23.2 Å². The summed E-state index contributed by atoms with van der Waals surface area (Å²) < 4.78 is 0. The van der Waals surface area contributed by atoms with Crippen LogP contribution in [0.15, 0.2) is 12.1 Å². The van der Waals surface area contributed by atoms with Crippen molar-refractivity contribution in [1.29, 1.82) is 0 Å². The zero-order valence-electron chi connectivity index (χ0n) is 11.0. The molecule has 19 heavy (non-hydrogen) atoms. The Bertz CT molecular complexity index is 477. The van der Waals surface area contributed by atoms with Gasteiger partial charge in [0.15, 0.2) is 0 Å². The van der Waals surface area contributed by atoms with Crippen molar-refractivity contribution in [3.63, 3.8) is 0 Å². The first-order valence-corrected chi connectivity index (χ1v) is 7.07. The number of aromatic nitrogens is 1. The number of likely N-dealkylation sites (N-methyl/N-ethyl adjacent to an activating group) is 1. The van der Waals surface area contributed by atoms with Crippen molar-refractivity contribution in [2.75, 3.05) is 13.6 Å². The van der Waals surface area contributed by atoms with Gasteiger partial charge in [0, 0.05) is 18.6 Å². The molecule has 1 heterocycles. The quantitative estimate of drug-likeness (QED) is 0.850. The molecule has 1 unspecified atom stereocenters. The molecule has 1 aromatic rings. The number of amides is 1. The highest BCUT2D eigenvalue weighted by atomic mass is 35.5. The molecule has 1 aliphatic carbocycles. The molecule has 6 heteroatoms. The van der Waals surface area contributed by atoms with E-state index >= 15 is 0 Å². The molecule has 0 radical (unpaired) electrons. The van der Waals surface area contributed by atoms with E-state index in [2.05, 4.69) is 29.2 Å². The Balaban J connectivity index is 1.89. The topological polar surface area (TPSA) is 45.2 Å². The standard InChI is InChI=1S/C13H17Cl2N3O/c1-8(18(2)9-3-4-9)7-16-13(19)10-5-6-11(14)17-12(10)15/h5-6,8-9H,3-4,7H2,1-2H3,(H,16,19). The van der Waals surface area contributed by atoms with Crippen molar-refractivity contribution >= 4 is 29.1 Å². The Morgan fingerprint density at radius 1 is 1.53 bits per heavy atom. The maximum atomic E-state index is 12.0. The Labute approximate surface area is 123 Å². The van der Waals surface area contributed by atoms with Gasteiger partial charge in [0.2, 0.25) is 0 Å². The van der Waals surface area contributed by atoms with E-state index in [0.29, 0.717) is 24.2 Å². The van der Waals surface area contributed by atoms with Gasteiger partial charge in [-0.2, -0.15) is 0 Å². The van der Waals surface area contributed by atoms with Gasteiger partial charge in [-0.15, -0.1) is 0 Å². The van der Waals surface area contributed by atoms with Crippen LogP contribution in [0.2, 0.25) is 10.3 Å². The van der Waals surface area contributed by atoms with Gasteiger partial charge >= 0.3 is 0 Å². The lowest BCUT2D eigenvalue weighted by atomic mass is 10.2. The molecule has 0 spiro atoms. The molecule has 1 aliphatic rings. The lowest BCUT2D eigenvalue weighted by Crippen LogP contribution is -2.41. The normalized spacial score (nSPS) is 16.5. The first-order valence-electron chi connectivity index (χ1n) is 6.31. The van der Waals surface area contributed by atoms with Crippen molar-refractivity contribution in [3.8, 4) is 0 Å². The molecule has 1 N–H and O–H groups in total. The van der Waals surface area contributed by atoms with Crippen molar-refractivity contribution in [2.24, 2.45) is 0 Å². The van der Waals surface area contributed by atoms with Gasteiger partial charge in [0.1, 0.15) is 10.3 Å². The summed E-state index contributed by atoms with van der Waals surface area (Å²) >= 11 is 11.6. The van der Waals surface area contributed by atoms with Gasteiger partial charge in [-0.25, -0.2) is 4.98 Å². The van der Waals surface area contributed by atoms with Crippen LogP contribution in [-0.4, -0.2) is 41.5 Å². The van der Waals surface area contributed by atoms with Crippen LogP contribution in [0.5, 0.6) is 0 Å². The van der Waals surface area contributed by atoms with Crippen molar-refractivity contribution in [1.82, 2.24) is 15.2 Å². The first kappa shape index (κ1) is 14.6. The minimum atomic E-state index is -0.217. The average molecular weight is 302 g/mol. The molecule has 0 bridgehead atoms. The molecule has 0 aliphatic heterocycles. The van der Waals surface area contributed by atoms with Crippen LogP contribution in [0.4, 0.5) is 0 Å². The Kier molecular flexibility index (Phi) is 4.66. The Morgan fingerprint density at radius 2 is 2.21 bits per heavy atom. The summed E-state index contributed by atoms with van der Waals surface area (Å²) in [6.45, 7) is 2.69. The smallest absolute Gasteiger partial charge is 0.254 e. The number of pyridine rings is 1. The number of nitrogens with zero attached hydrogens (tertiary/aromatic N) is 2. The fourth-order valence-electron chi connectivity index (χ4n) is 1.90. The zero-order chi connectivity index (χ0) is 14.0. The van der Waals surface area contributed by atoms with Crippen molar-refractivity contribution in [2.45, 2.75) is 31.8 Å². The van der Waals surface area contributed by atoms with E-state index in [9.17, 15) is 4.79 Å². The van der Waals surface area contributed by atoms with Crippen LogP contribution in [0.25, 0.3) is 0 Å². The van der Waals surface area contributed by atoms with Crippen LogP contribution in [0.3, 0.4) is 0 Å². The molecular formula is C13H17Cl2N3O. The molecule has 1 saturated carbocycles. The highest BCUT2D eigenvalue weighted by Crippen LogP contribution is 2.26. The summed E-state index contributed by atoms with van der Waals surface area (Å²) in [7, 11) is 2.09. The largest absolute Gasteiger partial charge is 0.350 e. The minimum absolute atomic E-state index is 0.133. The van der Waals surface area contributed by atoms with Crippen molar-refractivity contribution < 1.29 is 4.79 Å². The molecule has 4 nitrogen and oxygen atoms in total. The Morgan fingerprint density at radius 3 is 2.79 bits per heavy atom. The molecule has 0 saturated heterocycles. The number of carbonyl (C=O) groups is 1. The Hall–Kier alpha value is -0.840. The summed E-state index contributed by atoms with van der Waals surface area (Å²) in [6, 6.07) is 4.12. The molecule has 2 rings (SSSR count). The second kappa shape index (κ2) is 6.07. The molecule has 0 aromatic carbocycles. The van der Waals surface area contributed by atoms with Crippen LogP contribution in [0.1, 0.15) is 30.1 Å². The molecule has 1 fully saturated rings. The third-order valence-electron chi connectivity index (χ3n) is 3.44. The number of hydrogen-bond donors (Lipinski definition) is 1. The van der Waals surface area contributed by atoms with E-state index < -0.39 is 0 Å². The highest BCUT2D eigenvalue weighted by molar-refractivity contribution is 6.34. The average Bonchev–Trinajstić information content (AvgIpc) is 3.18. The van der Waals surface area contributed by atoms with E-state index in [4.69, 9.17) is 23.2 Å². The number of halogens is 2. The fourth-order valence-corrected chi connectivity index (χ4v) is 2.33. The molecule has 104 valence electrons. The molecular weight excluding hydrogens is 285 g/mol. The molecule has 1 aromatic heterocycles. The summed E-state index contributed by atoms with van der Waals surface area (Å²) in [5.74, 6) is -0.217. The van der Waals surface area contributed by atoms with Crippen molar-refractivity contribution in [3.05, 3.63) is 28.0 Å². The summed E-state index contributed by atoms with van der Waals surface area (Å²) in [5.41, 5.74) is 0.354. The van der Waals surface area contributed by atoms with Crippen LogP contribution < -0.4 is 5.32 Å². The predicted octanol–water partition coefficient (Wildman–Crippen LogP) is 2.60. The highest BCUT2D eigenvalue weighted by Gasteiger charge is 2.29. The summed E-state index contributed by atoms with van der Waals surface area (Å²) in [6.07, 6.45) is 2.50. The maximum Gasteiger partial charge on any atom is 0.254 e. The van der Waals surface area contributed by atoms with Gasteiger partial charge in [-0.05, 0) is 38.9 Å². The van der Waals surface area contributed by atoms with Crippen LogP contribution >= 0.6 is 23.2 Å². The predicted molar refractivity (Wildman–Crippen MR) is 76.8 cm³/mol. The molecule has 1 amide bonds. The number of rotatable bonds is 5. The van der Waals surface area contributed by atoms with E-state index in [0.717, 1.165) is 0 Å². The summed E-state index contributed by atoms with van der Waals surface area (Å²) in [4.78, 5) is 18.1. The van der Waals surface area contributed by atoms with E-state index in [1.807, 2.05) is 0 Å². The second-order valence-corrected chi connectivity index (χ2v) is 5.67. The first-order chi connectivity index (χ1) is 8.99. The maximum absolute atomic E-state index is 12.0. The van der Waals surface area contributed by atoms with E-state index in [1.54, 1.807) is 12.1 Å². The van der Waals surface area contributed by atoms with E-state index in [1.165, 1.54) is 12.8 Å². The van der Waals surface area contributed by atoms with Crippen LogP contribution in [0, 0.1) is 0 Å². The monoisotopic (exact) mass is 301 g/mol. The number of carbonyl (C=O) groups excluding carboxylic acids is 1. The van der Waals surface area contributed by atoms with E-state index in [-0.39, 0.29) is 16.2 Å². The second-order valence-electron chi connectivity index (χ2n) is 4.93. The SMILES string of the molecule is CC(CNC(=O)c1ccc(Cl)nc1Cl)N(C)C1CC1. The minimum Gasteiger partial charge on any atom is -0.350 e. The van der Waals surface area contributed by atoms with Gasteiger partial charge < -0.3 is 5.32 Å². The number of hydrogen-bond acceptors (Lipinski definition) is 3. The van der Waals surface area contributed by atoms with Gasteiger partial charge in [0.25, 0.3) is 5.91 Å². The fraction of sp³-hybridized carbons (Fsp3) is 0.538. The van der Waals surface area contributed by atoms with Crippen LogP contribution in [-0.2, 0) is 0 Å². The lowest BCUT2D eigenvalue weighted by molar-refractivity contribution is 0.0939. The van der Waals surface area contributed by atoms with Gasteiger partial charge in [0.05, 0.1) is 5.56 Å². The molecule has 1 atom stereocenters.